The van der Waals surface area contributed by atoms with Gasteiger partial charge in [-0.05, 0) is 55.5 Å². The first-order valence-electron chi connectivity index (χ1n) is 10.8. The van der Waals surface area contributed by atoms with E-state index in [9.17, 15) is 14.4 Å². The Kier molecular flexibility index (Phi) is 8.99. The zero-order chi connectivity index (χ0) is 25.9. The number of hydrogen-bond acceptors (Lipinski definition) is 7. The predicted molar refractivity (Wildman–Crippen MR) is 136 cm³/mol. The van der Waals surface area contributed by atoms with E-state index in [1.165, 1.54) is 13.3 Å². The number of nitrogens with one attached hydrogen (secondary N) is 3. The van der Waals surface area contributed by atoms with Crippen LogP contribution in [-0.4, -0.2) is 44.8 Å². The maximum atomic E-state index is 12.4. The Morgan fingerprint density at radius 1 is 0.833 bits per heavy atom. The fourth-order valence-corrected chi connectivity index (χ4v) is 2.99. The largest absolute Gasteiger partial charge is 0.497 e. The summed E-state index contributed by atoms with van der Waals surface area (Å²) in [6.45, 7) is 1.61. The van der Waals surface area contributed by atoms with Crippen molar-refractivity contribution in [2.45, 2.75) is 6.92 Å². The third kappa shape index (κ3) is 7.32. The summed E-state index contributed by atoms with van der Waals surface area (Å²) in [5.41, 5.74) is 4.68. The van der Waals surface area contributed by atoms with Gasteiger partial charge >= 0.3 is 11.8 Å². The topological polar surface area (TPSA) is 127 Å². The van der Waals surface area contributed by atoms with Gasteiger partial charge in [-0.1, -0.05) is 23.8 Å². The molecule has 10 nitrogen and oxygen atoms in total. The lowest BCUT2D eigenvalue weighted by Gasteiger charge is -2.13. The number of aryl methyl sites for hydroxylation is 1. The van der Waals surface area contributed by atoms with Gasteiger partial charge < -0.3 is 24.8 Å². The quantitative estimate of drug-likeness (QED) is 0.240. The number of benzene rings is 3. The Morgan fingerprint density at radius 2 is 1.50 bits per heavy atom. The van der Waals surface area contributed by atoms with Crippen LogP contribution in [0.5, 0.6) is 17.2 Å². The highest BCUT2D eigenvalue weighted by atomic mass is 16.5. The molecule has 0 aliphatic carbocycles. The van der Waals surface area contributed by atoms with Crippen LogP contribution in [0.1, 0.15) is 11.1 Å². The second-order valence-electron chi connectivity index (χ2n) is 7.46. The second-order valence-corrected chi connectivity index (χ2v) is 7.46. The molecular weight excluding hydrogens is 464 g/mol. The lowest BCUT2D eigenvalue weighted by molar-refractivity contribution is -0.136. The van der Waals surface area contributed by atoms with Crippen molar-refractivity contribution >= 4 is 35.3 Å². The van der Waals surface area contributed by atoms with Crippen LogP contribution in [0.25, 0.3) is 0 Å². The van der Waals surface area contributed by atoms with Gasteiger partial charge in [0.25, 0.3) is 5.91 Å². The smallest absolute Gasteiger partial charge is 0.329 e. The van der Waals surface area contributed by atoms with E-state index < -0.39 is 17.7 Å². The fourth-order valence-electron chi connectivity index (χ4n) is 2.99. The number of amides is 3. The molecule has 3 rings (SSSR count). The van der Waals surface area contributed by atoms with Gasteiger partial charge in [-0.3, -0.25) is 14.4 Å². The number of hydrazone groups is 1. The summed E-state index contributed by atoms with van der Waals surface area (Å²) in [6.07, 6.45) is 1.29. The average molecular weight is 491 g/mol. The van der Waals surface area contributed by atoms with Crippen molar-refractivity contribution in [2.75, 3.05) is 31.5 Å². The van der Waals surface area contributed by atoms with Crippen LogP contribution in [-0.2, 0) is 14.4 Å². The highest BCUT2D eigenvalue weighted by molar-refractivity contribution is 6.39. The van der Waals surface area contributed by atoms with Crippen LogP contribution in [0.3, 0.4) is 0 Å². The van der Waals surface area contributed by atoms with Crippen LogP contribution in [0, 0.1) is 6.92 Å². The maximum Gasteiger partial charge on any atom is 0.329 e. The molecule has 0 spiro atoms. The van der Waals surface area contributed by atoms with E-state index in [0.29, 0.717) is 28.4 Å². The van der Waals surface area contributed by atoms with E-state index in [0.717, 1.165) is 5.56 Å². The van der Waals surface area contributed by atoms with Crippen molar-refractivity contribution in [3.63, 3.8) is 0 Å². The number of rotatable bonds is 9. The van der Waals surface area contributed by atoms with Crippen molar-refractivity contribution in [3.8, 4) is 17.2 Å². The summed E-state index contributed by atoms with van der Waals surface area (Å²) in [5.74, 6) is -0.937. The van der Waals surface area contributed by atoms with Crippen molar-refractivity contribution in [2.24, 2.45) is 5.10 Å². The van der Waals surface area contributed by atoms with E-state index in [2.05, 4.69) is 21.2 Å². The Balaban J connectivity index is 1.60. The van der Waals surface area contributed by atoms with E-state index >= 15 is 0 Å². The fraction of sp³-hybridized carbons (Fsp3) is 0.154. The van der Waals surface area contributed by atoms with Gasteiger partial charge in [-0.25, -0.2) is 5.43 Å². The molecule has 0 atom stereocenters. The zero-order valence-electron chi connectivity index (χ0n) is 20.0. The highest BCUT2D eigenvalue weighted by Crippen LogP contribution is 2.30. The minimum Gasteiger partial charge on any atom is -0.497 e. The number of hydrogen-bond donors (Lipinski definition) is 3. The molecule has 3 N–H and O–H groups in total. The number of carbonyl (C=O) groups is 3. The van der Waals surface area contributed by atoms with Gasteiger partial charge in [0.15, 0.2) is 18.1 Å². The van der Waals surface area contributed by atoms with E-state index in [1.807, 2.05) is 19.1 Å². The Labute approximate surface area is 208 Å². The molecule has 10 heteroatoms. The van der Waals surface area contributed by atoms with Crippen LogP contribution in [0.15, 0.2) is 71.8 Å². The lowest BCUT2D eigenvalue weighted by Crippen LogP contribution is -2.32. The molecule has 0 heterocycles. The minimum atomic E-state index is -0.948. The maximum absolute atomic E-state index is 12.4. The summed E-state index contributed by atoms with van der Waals surface area (Å²) >= 11 is 0. The lowest BCUT2D eigenvalue weighted by atomic mass is 10.2. The highest BCUT2D eigenvalue weighted by Gasteiger charge is 2.14. The average Bonchev–Trinajstić information content (AvgIpc) is 2.89. The molecule has 3 aromatic carbocycles. The summed E-state index contributed by atoms with van der Waals surface area (Å²) in [4.78, 5) is 36.5. The van der Waals surface area contributed by atoms with Crippen molar-refractivity contribution < 1.29 is 28.6 Å². The molecule has 0 saturated carbocycles. The summed E-state index contributed by atoms with van der Waals surface area (Å²) in [7, 11) is 3.01. The normalized spacial score (nSPS) is 10.4. The minimum absolute atomic E-state index is 0.243. The number of methoxy groups -OCH3 is 2. The van der Waals surface area contributed by atoms with E-state index in [4.69, 9.17) is 14.2 Å². The molecular formula is C26H26N4O6. The molecule has 0 unspecified atom stereocenters. The molecule has 3 amide bonds. The first-order chi connectivity index (χ1) is 17.4. The van der Waals surface area contributed by atoms with Gasteiger partial charge in [-0.2, -0.15) is 5.10 Å². The van der Waals surface area contributed by atoms with Gasteiger partial charge in [0.2, 0.25) is 0 Å². The Bertz CT molecular complexity index is 1240. The molecule has 36 heavy (non-hydrogen) atoms. The third-order valence-corrected chi connectivity index (χ3v) is 4.84. The SMILES string of the molecule is COc1ccc(NC(=O)COc2c(/C=N\NC(=O)C(=O)Nc3ccc(C)cc3)cccc2OC)cc1. The van der Waals surface area contributed by atoms with Crippen molar-refractivity contribution in [1.29, 1.82) is 0 Å². The van der Waals surface area contributed by atoms with Crippen LogP contribution >= 0.6 is 0 Å². The number of ether oxygens (including phenoxy) is 3. The standard InChI is InChI=1S/C26H26N4O6/c1-17-7-9-20(10-8-17)29-25(32)26(33)30-27-15-18-5-4-6-22(35-3)24(18)36-16-23(31)28-19-11-13-21(34-2)14-12-19/h4-15H,16H2,1-3H3,(H,28,31)(H,29,32)(H,30,33)/b27-15-. The molecule has 186 valence electrons. The Hall–Kier alpha value is -4.86. The van der Waals surface area contributed by atoms with Crippen LogP contribution < -0.4 is 30.3 Å². The van der Waals surface area contributed by atoms with Crippen molar-refractivity contribution in [1.82, 2.24) is 5.43 Å². The zero-order valence-corrected chi connectivity index (χ0v) is 20.0. The Morgan fingerprint density at radius 3 is 2.17 bits per heavy atom. The number of para-hydroxylation sites is 1. The molecule has 0 fully saturated rings. The first-order valence-corrected chi connectivity index (χ1v) is 10.8. The molecule has 0 aromatic heterocycles. The van der Waals surface area contributed by atoms with Gasteiger partial charge in [-0.15, -0.1) is 0 Å². The molecule has 0 aliphatic rings. The van der Waals surface area contributed by atoms with Gasteiger partial charge in [0.1, 0.15) is 5.75 Å². The van der Waals surface area contributed by atoms with Gasteiger partial charge in [0, 0.05) is 16.9 Å². The number of anilines is 2. The molecule has 3 aromatic rings. The van der Waals surface area contributed by atoms with Crippen molar-refractivity contribution in [3.05, 3.63) is 77.9 Å². The molecule has 0 saturated heterocycles. The monoisotopic (exact) mass is 490 g/mol. The van der Waals surface area contributed by atoms with Crippen LogP contribution in [0.2, 0.25) is 0 Å². The summed E-state index contributed by atoms with van der Waals surface area (Å²) in [6, 6.07) is 18.9. The number of nitrogens with zero attached hydrogens (tertiary/aromatic N) is 1. The second kappa shape index (κ2) is 12.6. The summed E-state index contributed by atoms with van der Waals surface area (Å²) < 4.78 is 16.1. The summed E-state index contributed by atoms with van der Waals surface area (Å²) in [5, 5.41) is 9.04. The molecule has 0 radical (unpaired) electrons. The molecule has 0 bridgehead atoms. The number of carbonyl (C=O) groups excluding carboxylic acids is 3. The first kappa shape index (κ1) is 25.8. The van der Waals surface area contributed by atoms with E-state index in [-0.39, 0.29) is 12.4 Å². The van der Waals surface area contributed by atoms with Crippen LogP contribution in [0.4, 0.5) is 11.4 Å². The molecule has 0 aliphatic heterocycles. The van der Waals surface area contributed by atoms with E-state index in [1.54, 1.807) is 61.7 Å². The predicted octanol–water partition coefficient (Wildman–Crippen LogP) is 3.12. The van der Waals surface area contributed by atoms with Gasteiger partial charge in [0.05, 0.1) is 20.4 Å². The third-order valence-electron chi connectivity index (χ3n) is 4.84.